The van der Waals surface area contributed by atoms with E-state index < -0.39 is 0 Å². The molecule has 1 spiro atoms. The molecule has 3 rings (SSSR count). The number of hydrogen-bond acceptors (Lipinski definition) is 2. The van der Waals surface area contributed by atoms with Gasteiger partial charge in [-0.25, -0.2) is 0 Å². The summed E-state index contributed by atoms with van der Waals surface area (Å²) in [6, 6.07) is 2.73. The fourth-order valence-corrected chi connectivity index (χ4v) is 3.54. The Kier molecular flexibility index (Phi) is 0.961. The zero-order chi connectivity index (χ0) is 7.64. The highest BCUT2D eigenvalue weighted by atomic mass is 15.3. The predicted molar refractivity (Wildman–Crippen MR) is 44.5 cm³/mol. The molecule has 4 atom stereocenters. The van der Waals surface area contributed by atoms with Crippen molar-refractivity contribution in [2.75, 3.05) is 14.1 Å². The third-order valence-electron chi connectivity index (χ3n) is 4.27. The van der Waals surface area contributed by atoms with E-state index in [0.717, 1.165) is 23.5 Å². The van der Waals surface area contributed by atoms with Gasteiger partial charge in [0.15, 0.2) is 0 Å². The molecule has 2 aliphatic carbocycles. The maximum Gasteiger partial charge on any atom is 0.0183 e. The van der Waals surface area contributed by atoms with E-state index in [4.69, 9.17) is 0 Å². The first-order valence-corrected chi connectivity index (χ1v) is 4.67. The van der Waals surface area contributed by atoms with Gasteiger partial charge >= 0.3 is 0 Å². The first-order chi connectivity index (χ1) is 5.28. The molecule has 62 valence electrons. The Morgan fingerprint density at radius 2 is 2.18 bits per heavy atom. The zero-order valence-corrected chi connectivity index (χ0v) is 7.30. The number of nitrogens with one attached hydrogen (secondary N) is 1. The van der Waals surface area contributed by atoms with E-state index in [9.17, 15) is 0 Å². The number of likely N-dealkylation sites (tertiary alicyclic amines) is 1. The van der Waals surface area contributed by atoms with Crippen molar-refractivity contribution in [3.05, 3.63) is 0 Å². The van der Waals surface area contributed by atoms with Crippen molar-refractivity contribution in [1.29, 1.82) is 0 Å². The quantitative estimate of drug-likeness (QED) is 0.586. The monoisotopic (exact) mass is 152 g/mol. The van der Waals surface area contributed by atoms with Crippen LogP contribution in [0.2, 0.25) is 0 Å². The van der Waals surface area contributed by atoms with Crippen LogP contribution in [-0.4, -0.2) is 37.1 Å². The average Bonchev–Trinajstić information content (AvgIpc) is 2.51. The van der Waals surface area contributed by atoms with Crippen LogP contribution in [-0.2, 0) is 0 Å². The molecule has 0 aromatic heterocycles. The minimum atomic E-state index is 0.808. The molecule has 11 heavy (non-hydrogen) atoms. The van der Waals surface area contributed by atoms with Gasteiger partial charge in [0.2, 0.25) is 0 Å². The molecule has 0 aromatic rings. The maximum atomic E-state index is 3.41. The van der Waals surface area contributed by atoms with Gasteiger partial charge in [-0.05, 0) is 33.4 Å². The van der Waals surface area contributed by atoms with Crippen molar-refractivity contribution in [1.82, 2.24) is 10.2 Å². The van der Waals surface area contributed by atoms with Gasteiger partial charge in [-0.3, -0.25) is 4.90 Å². The van der Waals surface area contributed by atoms with Crippen molar-refractivity contribution in [2.45, 2.75) is 37.4 Å². The summed E-state index contributed by atoms with van der Waals surface area (Å²) in [5.74, 6) is 0. The molecule has 0 radical (unpaired) electrons. The first-order valence-electron chi connectivity index (χ1n) is 4.67. The standard InChI is InChI=1S/C9H16N2/c1-10-6-3-7-9(4-6)5-8(9)11(7)2/h6-8,10H,3-5H2,1-2H3. The topological polar surface area (TPSA) is 15.3 Å². The zero-order valence-electron chi connectivity index (χ0n) is 7.30. The minimum absolute atomic E-state index is 0.808. The summed E-state index contributed by atoms with van der Waals surface area (Å²) in [5, 5.41) is 3.41. The Morgan fingerprint density at radius 1 is 1.36 bits per heavy atom. The molecule has 2 saturated carbocycles. The molecule has 1 heterocycles. The van der Waals surface area contributed by atoms with Crippen LogP contribution < -0.4 is 5.32 Å². The number of rotatable bonds is 1. The predicted octanol–water partition coefficient (Wildman–Crippen LogP) is 0.441. The largest absolute Gasteiger partial charge is 0.317 e. The van der Waals surface area contributed by atoms with E-state index >= 15 is 0 Å². The van der Waals surface area contributed by atoms with Gasteiger partial charge < -0.3 is 5.32 Å². The lowest BCUT2D eigenvalue weighted by atomic mass is 9.91. The molecule has 2 heteroatoms. The third-order valence-corrected chi connectivity index (χ3v) is 4.27. The molecule has 0 amide bonds. The highest BCUT2D eigenvalue weighted by molar-refractivity contribution is 5.28. The normalized spacial score (nSPS) is 60.0. The molecule has 3 fully saturated rings. The minimum Gasteiger partial charge on any atom is -0.317 e. The molecule has 2 nitrogen and oxygen atoms in total. The second-order valence-electron chi connectivity index (χ2n) is 4.56. The Hall–Kier alpha value is -0.0800. The second-order valence-corrected chi connectivity index (χ2v) is 4.56. The molecular formula is C9H16N2. The van der Waals surface area contributed by atoms with Crippen LogP contribution in [0.3, 0.4) is 0 Å². The second kappa shape index (κ2) is 1.64. The van der Waals surface area contributed by atoms with Gasteiger partial charge in [0.05, 0.1) is 0 Å². The summed E-state index contributed by atoms with van der Waals surface area (Å²) >= 11 is 0. The van der Waals surface area contributed by atoms with Gasteiger partial charge in [0.25, 0.3) is 0 Å². The summed E-state index contributed by atoms with van der Waals surface area (Å²) in [6.45, 7) is 0. The van der Waals surface area contributed by atoms with Crippen LogP contribution in [0.1, 0.15) is 19.3 Å². The molecule has 0 bridgehead atoms. The van der Waals surface area contributed by atoms with Gasteiger partial charge in [0, 0.05) is 23.5 Å². The summed E-state index contributed by atoms with van der Waals surface area (Å²) < 4.78 is 0. The summed E-state index contributed by atoms with van der Waals surface area (Å²) in [4.78, 5) is 2.58. The Morgan fingerprint density at radius 3 is 2.73 bits per heavy atom. The first kappa shape index (κ1) is 6.44. The van der Waals surface area contributed by atoms with E-state index in [1.807, 2.05) is 0 Å². The van der Waals surface area contributed by atoms with E-state index in [-0.39, 0.29) is 0 Å². The highest BCUT2D eigenvalue weighted by Gasteiger charge is 2.74. The van der Waals surface area contributed by atoms with Crippen molar-refractivity contribution in [3.63, 3.8) is 0 Å². The lowest BCUT2D eigenvalue weighted by molar-refractivity contribution is 0.0637. The van der Waals surface area contributed by atoms with Crippen molar-refractivity contribution in [2.24, 2.45) is 5.41 Å². The summed E-state index contributed by atoms with van der Waals surface area (Å²) in [6.07, 6.45) is 4.33. The molecule has 1 N–H and O–H groups in total. The van der Waals surface area contributed by atoms with Gasteiger partial charge in [-0.15, -0.1) is 0 Å². The molecule has 0 aromatic carbocycles. The van der Waals surface area contributed by atoms with E-state index in [2.05, 4.69) is 24.3 Å². The summed E-state index contributed by atoms with van der Waals surface area (Å²) in [5.41, 5.74) is 0.808. The lowest BCUT2D eigenvalue weighted by Gasteiger charge is -2.40. The molecule has 1 saturated heterocycles. The average molecular weight is 152 g/mol. The van der Waals surface area contributed by atoms with E-state index in [1.165, 1.54) is 19.3 Å². The molecule has 3 aliphatic rings. The van der Waals surface area contributed by atoms with Crippen LogP contribution >= 0.6 is 0 Å². The molecule has 1 aliphatic heterocycles. The van der Waals surface area contributed by atoms with Crippen LogP contribution in [0.5, 0.6) is 0 Å². The van der Waals surface area contributed by atoms with Gasteiger partial charge in [-0.2, -0.15) is 0 Å². The summed E-state index contributed by atoms with van der Waals surface area (Å²) in [7, 11) is 4.39. The van der Waals surface area contributed by atoms with Crippen LogP contribution in [0.4, 0.5) is 0 Å². The van der Waals surface area contributed by atoms with Crippen LogP contribution in [0.25, 0.3) is 0 Å². The van der Waals surface area contributed by atoms with Gasteiger partial charge in [0.1, 0.15) is 0 Å². The Bertz CT molecular complexity index is 204. The van der Waals surface area contributed by atoms with Crippen LogP contribution in [0, 0.1) is 5.41 Å². The van der Waals surface area contributed by atoms with E-state index in [0.29, 0.717) is 0 Å². The van der Waals surface area contributed by atoms with Gasteiger partial charge in [-0.1, -0.05) is 0 Å². The number of hydrogen-bond donors (Lipinski definition) is 1. The third kappa shape index (κ3) is 0.541. The smallest absolute Gasteiger partial charge is 0.0183 e. The van der Waals surface area contributed by atoms with E-state index in [1.54, 1.807) is 0 Å². The van der Waals surface area contributed by atoms with Crippen molar-refractivity contribution < 1.29 is 0 Å². The van der Waals surface area contributed by atoms with Crippen LogP contribution in [0.15, 0.2) is 0 Å². The Balaban J connectivity index is 1.81. The highest BCUT2D eigenvalue weighted by Crippen LogP contribution is 2.69. The lowest BCUT2D eigenvalue weighted by Crippen LogP contribution is -2.50. The maximum absolute atomic E-state index is 3.41. The fraction of sp³-hybridized carbons (Fsp3) is 1.00. The van der Waals surface area contributed by atoms with Crippen molar-refractivity contribution >= 4 is 0 Å². The van der Waals surface area contributed by atoms with Crippen molar-refractivity contribution in [3.8, 4) is 0 Å². The molecular weight excluding hydrogens is 136 g/mol. The SMILES string of the molecule is CNC1CC2N(C)C3CC23C1. The fourth-order valence-electron chi connectivity index (χ4n) is 3.54. The molecule has 4 unspecified atom stereocenters. The number of nitrogens with zero attached hydrogens (tertiary/aromatic N) is 1. The Labute approximate surface area is 68.0 Å².